The van der Waals surface area contributed by atoms with Crippen LogP contribution in [0.15, 0.2) is 24.3 Å². The van der Waals surface area contributed by atoms with Crippen molar-refractivity contribution in [2.24, 2.45) is 5.92 Å². The van der Waals surface area contributed by atoms with Crippen molar-refractivity contribution < 1.29 is 0 Å². The lowest BCUT2D eigenvalue weighted by atomic mass is 10.1. The van der Waals surface area contributed by atoms with Gasteiger partial charge in [0.05, 0.1) is 0 Å². The van der Waals surface area contributed by atoms with Crippen LogP contribution in [0, 0.1) is 5.92 Å². The highest BCUT2D eigenvalue weighted by molar-refractivity contribution is 5.44. The van der Waals surface area contributed by atoms with Crippen LogP contribution >= 0.6 is 0 Å². The van der Waals surface area contributed by atoms with Crippen molar-refractivity contribution in [1.82, 2.24) is 0 Å². The molecule has 0 aliphatic carbocycles. The number of aryl methyl sites for hydroxylation is 1. The van der Waals surface area contributed by atoms with Crippen LogP contribution in [0.2, 0.25) is 0 Å². The largest absolute Gasteiger partial charge is 0.385 e. The van der Waals surface area contributed by atoms with Gasteiger partial charge in [0, 0.05) is 12.2 Å². The predicted octanol–water partition coefficient (Wildman–Crippen LogP) is 4.49. The monoisotopic (exact) mass is 219 g/mol. The Morgan fingerprint density at radius 1 is 1.12 bits per heavy atom. The minimum atomic E-state index is 0.826. The zero-order valence-corrected chi connectivity index (χ0v) is 10.9. The van der Waals surface area contributed by atoms with Gasteiger partial charge < -0.3 is 5.32 Å². The summed E-state index contributed by atoms with van der Waals surface area (Å²) in [4.78, 5) is 0. The van der Waals surface area contributed by atoms with Gasteiger partial charge in [-0.05, 0) is 36.5 Å². The molecule has 0 heterocycles. The van der Waals surface area contributed by atoms with Gasteiger partial charge >= 0.3 is 0 Å². The fourth-order valence-electron chi connectivity index (χ4n) is 1.74. The lowest BCUT2D eigenvalue weighted by molar-refractivity contribution is 0.532. The van der Waals surface area contributed by atoms with E-state index in [1.54, 1.807) is 0 Å². The van der Waals surface area contributed by atoms with E-state index in [-0.39, 0.29) is 0 Å². The van der Waals surface area contributed by atoms with Crippen LogP contribution in [0.1, 0.15) is 45.6 Å². The van der Waals surface area contributed by atoms with E-state index in [0.717, 1.165) is 12.5 Å². The molecular weight excluding hydrogens is 194 g/mol. The first-order valence-corrected chi connectivity index (χ1v) is 6.59. The Bertz CT molecular complexity index is 276. The van der Waals surface area contributed by atoms with Crippen molar-refractivity contribution in [1.29, 1.82) is 0 Å². The van der Waals surface area contributed by atoms with Gasteiger partial charge in [0.15, 0.2) is 0 Å². The molecule has 0 saturated carbocycles. The van der Waals surface area contributed by atoms with Crippen LogP contribution in [0.3, 0.4) is 0 Å². The van der Waals surface area contributed by atoms with E-state index >= 15 is 0 Å². The maximum atomic E-state index is 3.48. The Kier molecular flexibility index (Phi) is 5.99. The van der Waals surface area contributed by atoms with Crippen LogP contribution < -0.4 is 5.32 Å². The smallest absolute Gasteiger partial charge is 0.0340 e. The molecule has 16 heavy (non-hydrogen) atoms. The normalized spacial score (nSPS) is 12.4. The van der Waals surface area contributed by atoms with Crippen LogP contribution in [-0.4, -0.2) is 6.54 Å². The van der Waals surface area contributed by atoms with E-state index in [2.05, 4.69) is 50.4 Å². The number of nitrogens with one attached hydrogen (secondary N) is 1. The first-order chi connectivity index (χ1) is 7.76. The van der Waals surface area contributed by atoms with E-state index in [9.17, 15) is 0 Å². The first-order valence-electron chi connectivity index (χ1n) is 6.59. The second-order valence-electron chi connectivity index (χ2n) is 4.68. The van der Waals surface area contributed by atoms with Gasteiger partial charge in [-0.15, -0.1) is 0 Å². The lowest BCUT2D eigenvalue weighted by Crippen LogP contribution is -2.06. The number of benzene rings is 1. The number of hydrogen-bond donors (Lipinski definition) is 1. The fourth-order valence-corrected chi connectivity index (χ4v) is 1.74. The third-order valence-electron chi connectivity index (χ3n) is 3.16. The summed E-state index contributed by atoms with van der Waals surface area (Å²) in [5.74, 6) is 0.826. The van der Waals surface area contributed by atoms with Gasteiger partial charge in [-0.1, -0.05) is 45.7 Å². The first kappa shape index (κ1) is 13.1. The molecule has 0 bridgehead atoms. The van der Waals surface area contributed by atoms with Crippen molar-refractivity contribution in [3.63, 3.8) is 0 Å². The van der Waals surface area contributed by atoms with Crippen molar-refractivity contribution in [3.8, 4) is 0 Å². The van der Waals surface area contributed by atoms with Crippen molar-refractivity contribution >= 4 is 5.69 Å². The van der Waals surface area contributed by atoms with Gasteiger partial charge in [-0.2, -0.15) is 0 Å². The summed E-state index contributed by atoms with van der Waals surface area (Å²) in [7, 11) is 0. The molecule has 1 rings (SSSR count). The predicted molar refractivity (Wildman–Crippen MR) is 73.0 cm³/mol. The molecule has 0 fully saturated rings. The molecule has 0 radical (unpaired) electrons. The van der Waals surface area contributed by atoms with E-state index in [1.807, 2.05) is 0 Å². The summed E-state index contributed by atoms with van der Waals surface area (Å²) in [6.45, 7) is 7.87. The number of hydrogen-bond acceptors (Lipinski definition) is 1. The van der Waals surface area contributed by atoms with Crippen LogP contribution in [0.25, 0.3) is 0 Å². The summed E-state index contributed by atoms with van der Waals surface area (Å²) in [6, 6.07) is 8.85. The molecule has 1 heteroatoms. The summed E-state index contributed by atoms with van der Waals surface area (Å²) < 4.78 is 0. The molecule has 1 nitrogen and oxygen atoms in total. The molecule has 1 aromatic rings. The molecule has 1 aromatic carbocycles. The van der Waals surface area contributed by atoms with E-state index in [4.69, 9.17) is 0 Å². The van der Waals surface area contributed by atoms with Gasteiger partial charge in [0.1, 0.15) is 0 Å². The molecule has 90 valence electrons. The van der Waals surface area contributed by atoms with E-state index in [0.29, 0.717) is 0 Å². The molecule has 0 aliphatic heterocycles. The van der Waals surface area contributed by atoms with Crippen molar-refractivity contribution in [2.75, 3.05) is 11.9 Å². The number of rotatable bonds is 7. The molecule has 0 spiro atoms. The second-order valence-corrected chi connectivity index (χ2v) is 4.68. The lowest BCUT2D eigenvalue weighted by Gasteiger charge is -2.10. The van der Waals surface area contributed by atoms with Gasteiger partial charge in [0.25, 0.3) is 0 Å². The van der Waals surface area contributed by atoms with Crippen LogP contribution in [-0.2, 0) is 6.42 Å². The highest BCUT2D eigenvalue weighted by atomic mass is 14.9. The third kappa shape index (κ3) is 4.69. The van der Waals surface area contributed by atoms with Gasteiger partial charge in [0.2, 0.25) is 0 Å². The van der Waals surface area contributed by atoms with Gasteiger partial charge in [-0.25, -0.2) is 0 Å². The maximum Gasteiger partial charge on any atom is 0.0340 e. The molecule has 0 amide bonds. The third-order valence-corrected chi connectivity index (χ3v) is 3.16. The standard InChI is InChI=1S/C15H25N/c1-4-6-14-7-9-15(10-8-14)16-12-11-13(3)5-2/h7-10,13,16H,4-6,11-12H2,1-3H3. The summed E-state index contributed by atoms with van der Waals surface area (Å²) >= 11 is 0. The van der Waals surface area contributed by atoms with Crippen LogP contribution in [0.5, 0.6) is 0 Å². The minimum Gasteiger partial charge on any atom is -0.385 e. The topological polar surface area (TPSA) is 12.0 Å². The molecule has 1 N–H and O–H groups in total. The summed E-state index contributed by atoms with van der Waals surface area (Å²) in [5, 5.41) is 3.48. The molecule has 0 saturated heterocycles. The summed E-state index contributed by atoms with van der Waals surface area (Å²) in [5.41, 5.74) is 2.69. The molecule has 1 unspecified atom stereocenters. The number of anilines is 1. The van der Waals surface area contributed by atoms with Crippen molar-refractivity contribution in [3.05, 3.63) is 29.8 Å². The Balaban J connectivity index is 2.31. The Hall–Kier alpha value is -0.980. The fraction of sp³-hybridized carbons (Fsp3) is 0.600. The summed E-state index contributed by atoms with van der Waals surface area (Å²) in [6.07, 6.45) is 4.94. The molecule has 1 atom stereocenters. The average molecular weight is 219 g/mol. The zero-order valence-electron chi connectivity index (χ0n) is 10.9. The van der Waals surface area contributed by atoms with E-state index < -0.39 is 0 Å². The molecular formula is C15H25N. The molecule has 0 aliphatic rings. The molecule has 0 aromatic heterocycles. The Morgan fingerprint density at radius 2 is 1.81 bits per heavy atom. The minimum absolute atomic E-state index is 0.826. The SMILES string of the molecule is CCCc1ccc(NCCC(C)CC)cc1. The van der Waals surface area contributed by atoms with E-state index in [1.165, 1.54) is 36.9 Å². The van der Waals surface area contributed by atoms with Crippen LogP contribution in [0.4, 0.5) is 5.69 Å². The average Bonchev–Trinajstić information content (AvgIpc) is 2.31. The maximum absolute atomic E-state index is 3.48. The quantitative estimate of drug-likeness (QED) is 0.712. The Labute approximate surface area is 100 Å². The van der Waals surface area contributed by atoms with Gasteiger partial charge in [-0.3, -0.25) is 0 Å². The highest BCUT2D eigenvalue weighted by Gasteiger charge is 1.98. The van der Waals surface area contributed by atoms with Crippen molar-refractivity contribution in [2.45, 2.75) is 46.5 Å². The Morgan fingerprint density at radius 3 is 2.38 bits per heavy atom. The highest BCUT2D eigenvalue weighted by Crippen LogP contribution is 2.12. The zero-order chi connectivity index (χ0) is 11.8. The second kappa shape index (κ2) is 7.32.